The van der Waals surface area contributed by atoms with Crippen molar-refractivity contribution in [3.8, 4) is 23.1 Å². The van der Waals surface area contributed by atoms with Crippen LogP contribution in [0.1, 0.15) is 47.8 Å². The zero-order chi connectivity index (χ0) is 23.6. The van der Waals surface area contributed by atoms with Gasteiger partial charge in [0.25, 0.3) is 5.69 Å². The van der Waals surface area contributed by atoms with Crippen molar-refractivity contribution >= 4 is 11.5 Å². The number of nitro benzene ring substituents is 1. The van der Waals surface area contributed by atoms with Crippen molar-refractivity contribution in [1.82, 2.24) is 9.78 Å². The van der Waals surface area contributed by atoms with E-state index in [1.165, 1.54) is 30.3 Å². The summed E-state index contributed by atoms with van der Waals surface area (Å²) in [6.45, 7) is 7.71. The van der Waals surface area contributed by atoms with E-state index in [0.717, 1.165) is 5.56 Å². The molecule has 0 aliphatic heterocycles. The summed E-state index contributed by atoms with van der Waals surface area (Å²) < 4.78 is 15.8. The van der Waals surface area contributed by atoms with E-state index in [4.69, 9.17) is 0 Å². The van der Waals surface area contributed by atoms with Crippen LogP contribution in [0, 0.1) is 40.1 Å². The zero-order valence-electron chi connectivity index (χ0n) is 18.7. The highest BCUT2D eigenvalue weighted by Crippen LogP contribution is 2.31. The van der Waals surface area contributed by atoms with Crippen molar-refractivity contribution < 1.29 is 14.1 Å². The first-order chi connectivity index (χ1) is 14.9. The van der Waals surface area contributed by atoms with Gasteiger partial charge in [0.05, 0.1) is 16.1 Å². The minimum atomic E-state index is -0.598. The van der Waals surface area contributed by atoms with Gasteiger partial charge < -0.3 is 0 Å². The number of hydrogen-bond donors (Lipinski definition) is 0. The van der Waals surface area contributed by atoms with Gasteiger partial charge in [0.1, 0.15) is 11.5 Å². The highest BCUT2D eigenvalue weighted by atomic mass is 19.1. The second-order valence-corrected chi connectivity index (χ2v) is 8.75. The SMILES string of the molecule is Cc1ccc(F)c(C(=O)Cc2ccc([N+](=O)[O-])cc2-c2nn(C)cc2C#CC(C)(C)C)c1. The Bertz CT molecular complexity index is 1270. The van der Waals surface area contributed by atoms with Crippen LogP contribution in [0.2, 0.25) is 0 Å². The van der Waals surface area contributed by atoms with Gasteiger partial charge in [-0.15, -0.1) is 0 Å². The van der Waals surface area contributed by atoms with Crippen molar-refractivity contribution in [2.24, 2.45) is 12.5 Å². The van der Waals surface area contributed by atoms with Gasteiger partial charge in [0, 0.05) is 42.8 Å². The van der Waals surface area contributed by atoms with E-state index in [2.05, 4.69) is 16.9 Å². The van der Waals surface area contributed by atoms with Gasteiger partial charge in [0.15, 0.2) is 5.78 Å². The van der Waals surface area contributed by atoms with Gasteiger partial charge in [0.2, 0.25) is 0 Å². The molecule has 0 unspecified atom stereocenters. The average molecular weight is 433 g/mol. The molecule has 0 N–H and O–H groups in total. The molecule has 0 amide bonds. The molecule has 7 heteroatoms. The summed E-state index contributed by atoms with van der Waals surface area (Å²) in [6, 6.07) is 8.61. The number of benzene rings is 2. The summed E-state index contributed by atoms with van der Waals surface area (Å²) in [5.41, 5.74) is 2.36. The van der Waals surface area contributed by atoms with Gasteiger partial charge in [-0.1, -0.05) is 29.5 Å². The minimum absolute atomic E-state index is 0.0110. The van der Waals surface area contributed by atoms with Gasteiger partial charge in [-0.05, 0) is 45.4 Å². The van der Waals surface area contributed by atoms with Crippen LogP contribution in [-0.2, 0) is 13.5 Å². The Morgan fingerprint density at radius 2 is 1.94 bits per heavy atom. The Hall–Kier alpha value is -3.79. The maximum Gasteiger partial charge on any atom is 0.270 e. The summed E-state index contributed by atoms with van der Waals surface area (Å²) in [5, 5.41) is 15.9. The lowest BCUT2D eigenvalue weighted by Crippen LogP contribution is -2.08. The molecule has 0 saturated heterocycles. The van der Waals surface area contributed by atoms with Crippen LogP contribution in [0.4, 0.5) is 10.1 Å². The fraction of sp³-hybridized carbons (Fsp3) is 0.280. The molecule has 0 aliphatic rings. The number of non-ortho nitro benzene ring substituents is 1. The Morgan fingerprint density at radius 3 is 2.59 bits per heavy atom. The summed E-state index contributed by atoms with van der Waals surface area (Å²) in [4.78, 5) is 23.8. The topological polar surface area (TPSA) is 78.0 Å². The fourth-order valence-electron chi connectivity index (χ4n) is 3.21. The van der Waals surface area contributed by atoms with Crippen molar-refractivity contribution in [2.75, 3.05) is 0 Å². The van der Waals surface area contributed by atoms with Gasteiger partial charge >= 0.3 is 0 Å². The molecule has 0 atom stereocenters. The van der Waals surface area contributed by atoms with Gasteiger partial charge in [-0.3, -0.25) is 19.6 Å². The number of hydrogen-bond acceptors (Lipinski definition) is 4. The molecule has 0 fully saturated rings. The number of nitrogens with zero attached hydrogens (tertiary/aromatic N) is 3. The molecule has 0 bridgehead atoms. The van der Waals surface area contributed by atoms with Crippen LogP contribution >= 0.6 is 0 Å². The quantitative estimate of drug-likeness (QED) is 0.238. The smallest absolute Gasteiger partial charge is 0.270 e. The second-order valence-electron chi connectivity index (χ2n) is 8.75. The molecule has 0 saturated carbocycles. The number of carbonyl (C=O) groups is 1. The highest BCUT2D eigenvalue weighted by Gasteiger charge is 2.21. The van der Waals surface area contributed by atoms with E-state index < -0.39 is 16.5 Å². The van der Waals surface area contributed by atoms with E-state index in [1.54, 1.807) is 30.9 Å². The van der Waals surface area contributed by atoms with Crippen molar-refractivity contribution in [3.63, 3.8) is 0 Å². The number of carbonyl (C=O) groups excluding carboxylic acids is 1. The Balaban J connectivity index is 2.13. The molecular formula is C25H24FN3O3. The third kappa shape index (κ3) is 5.27. The lowest BCUT2D eigenvalue weighted by atomic mass is 9.93. The molecule has 6 nitrogen and oxygen atoms in total. The van der Waals surface area contributed by atoms with E-state index in [1.807, 2.05) is 20.8 Å². The number of rotatable bonds is 5. The molecule has 1 heterocycles. The predicted octanol–water partition coefficient (Wildman–Crippen LogP) is 5.27. The maximum absolute atomic E-state index is 14.3. The zero-order valence-corrected chi connectivity index (χ0v) is 18.7. The molecular weight excluding hydrogens is 409 g/mol. The average Bonchev–Trinajstić information content (AvgIpc) is 3.08. The van der Waals surface area contributed by atoms with Gasteiger partial charge in [-0.25, -0.2) is 4.39 Å². The van der Waals surface area contributed by atoms with Crippen molar-refractivity contribution in [2.45, 2.75) is 34.1 Å². The summed E-state index contributed by atoms with van der Waals surface area (Å²) in [6.07, 6.45) is 1.61. The van der Waals surface area contributed by atoms with Crippen molar-refractivity contribution in [1.29, 1.82) is 0 Å². The van der Waals surface area contributed by atoms with Crippen LogP contribution < -0.4 is 0 Å². The van der Waals surface area contributed by atoms with Crippen LogP contribution in [0.15, 0.2) is 42.6 Å². The molecule has 3 aromatic rings. The maximum atomic E-state index is 14.3. The Labute approximate surface area is 186 Å². The first kappa shape index (κ1) is 22.9. The molecule has 2 aromatic carbocycles. The number of halogens is 1. The second kappa shape index (κ2) is 8.75. The van der Waals surface area contributed by atoms with E-state index >= 15 is 0 Å². The largest absolute Gasteiger partial charge is 0.294 e. The third-order valence-corrected chi connectivity index (χ3v) is 4.73. The molecule has 32 heavy (non-hydrogen) atoms. The normalized spacial score (nSPS) is 11.1. The fourth-order valence-corrected chi connectivity index (χ4v) is 3.21. The molecule has 0 aliphatic carbocycles. The van der Waals surface area contributed by atoms with E-state index in [9.17, 15) is 19.3 Å². The number of aromatic nitrogens is 2. The predicted molar refractivity (Wildman–Crippen MR) is 121 cm³/mol. The summed E-state index contributed by atoms with van der Waals surface area (Å²) in [5.74, 6) is 5.23. The minimum Gasteiger partial charge on any atom is -0.294 e. The molecule has 3 rings (SSSR count). The van der Waals surface area contributed by atoms with E-state index in [0.29, 0.717) is 22.4 Å². The molecule has 0 radical (unpaired) electrons. The van der Waals surface area contributed by atoms with Crippen LogP contribution in [0.25, 0.3) is 11.3 Å². The molecule has 1 aromatic heterocycles. The third-order valence-electron chi connectivity index (χ3n) is 4.73. The lowest BCUT2D eigenvalue weighted by Gasteiger charge is -2.10. The first-order valence-electron chi connectivity index (χ1n) is 10.1. The number of ketones is 1. The highest BCUT2D eigenvalue weighted by molar-refractivity contribution is 5.99. The summed E-state index contributed by atoms with van der Waals surface area (Å²) in [7, 11) is 1.73. The van der Waals surface area contributed by atoms with Crippen LogP contribution in [-0.4, -0.2) is 20.5 Å². The number of nitro groups is 1. The number of Topliss-reactive ketones (excluding diaryl/α,β-unsaturated/α-hetero) is 1. The Morgan fingerprint density at radius 1 is 1.22 bits per heavy atom. The first-order valence-corrected chi connectivity index (χ1v) is 10.1. The van der Waals surface area contributed by atoms with E-state index in [-0.39, 0.29) is 23.1 Å². The molecule has 0 spiro atoms. The lowest BCUT2D eigenvalue weighted by molar-refractivity contribution is -0.384. The van der Waals surface area contributed by atoms with Crippen molar-refractivity contribution in [3.05, 3.63) is 80.8 Å². The summed E-state index contributed by atoms with van der Waals surface area (Å²) >= 11 is 0. The number of aryl methyl sites for hydroxylation is 2. The Kier molecular flexibility index (Phi) is 6.26. The molecule has 164 valence electrons. The monoisotopic (exact) mass is 433 g/mol. The standard InChI is InChI=1S/C25H24FN3O3/c1-16-6-9-22(26)21(12-16)23(30)13-17-7-8-19(29(31)32)14-20(17)24-18(15-28(5)27-24)10-11-25(2,3)4/h6-9,12,14-15H,13H2,1-5H3. The van der Waals surface area contributed by atoms with Crippen LogP contribution in [0.5, 0.6) is 0 Å². The van der Waals surface area contributed by atoms with Gasteiger partial charge in [-0.2, -0.15) is 5.10 Å². The van der Waals surface area contributed by atoms with Crippen LogP contribution in [0.3, 0.4) is 0 Å².